The molecule has 8 nitrogen and oxygen atoms in total. The third-order valence-corrected chi connectivity index (χ3v) is 14.3. The van der Waals surface area contributed by atoms with Crippen LogP contribution in [0.5, 0.6) is 11.5 Å². The van der Waals surface area contributed by atoms with Crippen LogP contribution in [-0.4, -0.2) is 73.6 Å². The number of hydrogen-bond donors (Lipinski definition) is 0. The molecule has 0 aliphatic rings. The third-order valence-electron chi connectivity index (χ3n) is 14.3. The lowest BCUT2D eigenvalue weighted by Gasteiger charge is -2.44. The van der Waals surface area contributed by atoms with Gasteiger partial charge in [-0.25, -0.2) is 4.79 Å². The zero-order valence-electron chi connectivity index (χ0n) is 43.8. The maximum absolute atomic E-state index is 12.2. The number of carbonyl (C=O) groups excluding carboxylic acids is 1. The van der Waals surface area contributed by atoms with Gasteiger partial charge in [0, 0.05) is 38.0 Å². The summed E-state index contributed by atoms with van der Waals surface area (Å²) in [6, 6.07) is 28.5. The summed E-state index contributed by atoms with van der Waals surface area (Å²) in [5.74, 6) is 1.05. The normalized spacial score (nSPS) is 13.6. The smallest absolute Gasteiger partial charge is 0.330 e. The van der Waals surface area contributed by atoms with Crippen LogP contribution in [0.3, 0.4) is 0 Å². The van der Waals surface area contributed by atoms with Crippen LogP contribution in [0, 0.1) is 10.8 Å². The highest BCUT2D eigenvalue weighted by Crippen LogP contribution is 2.42. The number of rotatable bonds is 33. The first-order valence-electron chi connectivity index (χ1n) is 24.7. The number of hydrogen-bond acceptors (Lipinski definition) is 8. The second-order valence-corrected chi connectivity index (χ2v) is 22.2. The molecule has 8 heteroatoms. The van der Waals surface area contributed by atoms with Crippen LogP contribution in [0.15, 0.2) is 97.6 Å². The van der Waals surface area contributed by atoms with Gasteiger partial charge in [-0.2, -0.15) is 0 Å². The van der Waals surface area contributed by atoms with E-state index in [0.717, 1.165) is 88.1 Å². The van der Waals surface area contributed by atoms with Gasteiger partial charge in [-0.3, -0.25) is 0 Å². The Morgan fingerprint density at radius 2 is 0.955 bits per heavy atom. The van der Waals surface area contributed by atoms with Crippen molar-refractivity contribution < 1.29 is 38.0 Å². The van der Waals surface area contributed by atoms with Crippen molar-refractivity contribution >= 4 is 5.97 Å². The highest BCUT2D eigenvalue weighted by atomic mass is 16.6. The molecule has 0 aromatic heterocycles. The quantitative estimate of drug-likeness (QED) is 0.0340. The van der Waals surface area contributed by atoms with E-state index in [1.54, 1.807) is 0 Å². The van der Waals surface area contributed by atoms with Crippen molar-refractivity contribution in [3.8, 4) is 11.5 Å². The van der Waals surface area contributed by atoms with E-state index in [1.807, 2.05) is 56.3 Å². The molecule has 0 heterocycles. The molecule has 0 bridgehead atoms. The Morgan fingerprint density at radius 3 is 1.41 bits per heavy atom. The van der Waals surface area contributed by atoms with Gasteiger partial charge in [0.2, 0.25) is 0 Å². The topological polar surface area (TPSA) is 81.7 Å². The number of ether oxygens (including phenoxy) is 7. The summed E-state index contributed by atoms with van der Waals surface area (Å²) in [6.45, 7) is 37.6. The minimum absolute atomic E-state index is 0.0518. The highest BCUT2D eigenvalue weighted by molar-refractivity contribution is 5.81. The molecule has 1 atom stereocenters. The van der Waals surface area contributed by atoms with Crippen molar-refractivity contribution in [1.82, 2.24) is 0 Å². The molecule has 3 aromatic carbocycles. The maximum Gasteiger partial charge on any atom is 0.330 e. The van der Waals surface area contributed by atoms with Gasteiger partial charge < -0.3 is 33.2 Å². The van der Waals surface area contributed by atoms with Crippen molar-refractivity contribution in [3.05, 3.63) is 109 Å². The van der Waals surface area contributed by atoms with Gasteiger partial charge in [0.1, 0.15) is 17.1 Å². The van der Waals surface area contributed by atoms with Crippen LogP contribution >= 0.6 is 0 Å². The lowest BCUT2D eigenvalue weighted by molar-refractivity contribution is -0.159. The van der Waals surface area contributed by atoms with Crippen LogP contribution in [0.25, 0.3) is 0 Å². The van der Waals surface area contributed by atoms with Crippen LogP contribution in [0.1, 0.15) is 165 Å². The van der Waals surface area contributed by atoms with E-state index >= 15 is 0 Å². The molecule has 66 heavy (non-hydrogen) atoms. The summed E-state index contributed by atoms with van der Waals surface area (Å²) in [4.78, 5) is 12.2. The molecule has 0 N–H and O–H groups in total. The molecule has 0 aliphatic carbocycles. The monoisotopic (exact) mass is 915 g/mol. The first-order valence-corrected chi connectivity index (χ1v) is 24.7. The molecule has 0 fully saturated rings. The summed E-state index contributed by atoms with van der Waals surface area (Å²) in [7, 11) is 0. The fraction of sp³-hybridized carbons (Fsp3) is 0.638. The van der Waals surface area contributed by atoms with Crippen molar-refractivity contribution in [1.29, 1.82) is 0 Å². The zero-order chi connectivity index (χ0) is 49.1. The second-order valence-electron chi connectivity index (χ2n) is 22.2. The second kappa shape index (κ2) is 25.6. The molecule has 0 saturated heterocycles. The first-order chi connectivity index (χ1) is 30.8. The summed E-state index contributed by atoms with van der Waals surface area (Å²) < 4.78 is 43.8. The van der Waals surface area contributed by atoms with E-state index in [0.29, 0.717) is 26.4 Å². The van der Waals surface area contributed by atoms with Gasteiger partial charge in [-0.05, 0) is 148 Å². The summed E-state index contributed by atoms with van der Waals surface area (Å²) >= 11 is 0. The van der Waals surface area contributed by atoms with Crippen LogP contribution in [0.2, 0.25) is 0 Å². The highest BCUT2D eigenvalue weighted by Gasteiger charge is 2.41. The lowest BCUT2D eigenvalue weighted by atomic mass is 9.73. The number of esters is 1. The number of benzene rings is 3. The maximum atomic E-state index is 12.2. The summed E-state index contributed by atoms with van der Waals surface area (Å²) in [6.07, 6.45) is 9.85. The Balaban J connectivity index is 1.30. The minimum atomic E-state index is -0.784. The first kappa shape index (κ1) is 56.6. The van der Waals surface area contributed by atoms with E-state index < -0.39 is 17.2 Å². The summed E-state index contributed by atoms with van der Waals surface area (Å²) in [5.41, 5.74) is 0.316. The molecule has 3 aromatic rings. The van der Waals surface area contributed by atoms with Crippen molar-refractivity contribution in [2.75, 3.05) is 39.6 Å². The van der Waals surface area contributed by atoms with E-state index in [4.69, 9.17) is 33.2 Å². The average molecular weight is 915 g/mol. The fourth-order valence-corrected chi connectivity index (χ4v) is 7.75. The minimum Gasteiger partial charge on any atom is -0.493 e. The van der Waals surface area contributed by atoms with Crippen LogP contribution in [-0.2, 0) is 34.9 Å². The van der Waals surface area contributed by atoms with Gasteiger partial charge in [0.15, 0.2) is 0 Å². The number of unbranched alkanes of at least 4 members (excludes halogenated alkanes) is 2. The van der Waals surface area contributed by atoms with E-state index in [2.05, 4.69) is 132 Å². The zero-order valence-corrected chi connectivity index (χ0v) is 43.8. The Hall–Kier alpha value is -3.69. The Morgan fingerprint density at radius 1 is 0.515 bits per heavy atom. The fourth-order valence-electron chi connectivity index (χ4n) is 7.75. The standard InChI is InChI=1S/C58H90O8/c1-16-51(59)66-56(10,11)50(47-29-21-18-22-30-47)45-65-58(14,15)53(4,5)37-24-26-41-63-55(8,9)39-44-61-49-33-31-48(32-34-49)60-43-38-54(6,7)62-40-25-23-36-52(2,3)57(12,13)64-42-35-46-27-19-17-20-28-46/h16-22,27-34,50H,1,23-26,35-45H2,2-15H3. The average Bonchev–Trinajstić information content (AvgIpc) is 3.24. The Bertz CT molecular complexity index is 1830. The van der Waals surface area contributed by atoms with Gasteiger partial charge in [0.25, 0.3) is 0 Å². The summed E-state index contributed by atoms with van der Waals surface area (Å²) in [5, 5.41) is 0. The molecule has 1 unspecified atom stereocenters. The molecule has 0 spiro atoms. The Labute approximate surface area is 401 Å². The lowest BCUT2D eigenvalue weighted by Crippen LogP contribution is -2.45. The van der Waals surface area contributed by atoms with E-state index in [-0.39, 0.29) is 33.6 Å². The van der Waals surface area contributed by atoms with Gasteiger partial charge in [-0.1, -0.05) is 108 Å². The molecule has 0 saturated carbocycles. The van der Waals surface area contributed by atoms with E-state index in [9.17, 15) is 4.79 Å². The third kappa shape index (κ3) is 19.5. The molecule has 0 amide bonds. The van der Waals surface area contributed by atoms with Crippen molar-refractivity contribution in [2.24, 2.45) is 10.8 Å². The van der Waals surface area contributed by atoms with Gasteiger partial charge in [-0.15, -0.1) is 0 Å². The van der Waals surface area contributed by atoms with Crippen LogP contribution in [0.4, 0.5) is 0 Å². The van der Waals surface area contributed by atoms with Gasteiger partial charge in [0.05, 0.1) is 48.8 Å². The molecule has 0 radical (unpaired) electrons. The van der Waals surface area contributed by atoms with Crippen molar-refractivity contribution in [2.45, 2.75) is 189 Å². The molecular formula is C58H90O8. The predicted molar refractivity (Wildman–Crippen MR) is 272 cm³/mol. The predicted octanol–water partition coefficient (Wildman–Crippen LogP) is 14.3. The number of carbonyl (C=O) groups is 1. The van der Waals surface area contributed by atoms with E-state index in [1.165, 1.54) is 11.6 Å². The van der Waals surface area contributed by atoms with Crippen LogP contribution < -0.4 is 9.47 Å². The van der Waals surface area contributed by atoms with Gasteiger partial charge >= 0.3 is 5.97 Å². The molecule has 370 valence electrons. The van der Waals surface area contributed by atoms with Crippen molar-refractivity contribution in [3.63, 3.8) is 0 Å². The molecular weight excluding hydrogens is 825 g/mol. The largest absolute Gasteiger partial charge is 0.493 e. The molecule has 3 rings (SSSR count). The SMILES string of the molecule is C=CC(=O)OC(C)(C)C(COC(C)(C)C(C)(C)CCCCOC(C)(C)CCOc1ccc(OCCC(C)(C)OCCCCC(C)(C)C(C)(C)OCCc2ccccc2)cc1)c1ccccc1. The molecule has 0 aliphatic heterocycles. The Kier molecular flexibility index (Phi) is 22.0.